The Hall–Kier alpha value is -2.67. The summed E-state index contributed by atoms with van der Waals surface area (Å²) in [4.78, 5) is 16.2. The van der Waals surface area contributed by atoms with E-state index in [1.54, 1.807) is 17.5 Å². The molecule has 12 heteroatoms. The molecule has 1 atom stereocenters. The van der Waals surface area contributed by atoms with Crippen LogP contribution in [0.1, 0.15) is 19.3 Å². The lowest BCUT2D eigenvalue weighted by Gasteiger charge is -2.36. The van der Waals surface area contributed by atoms with E-state index < -0.39 is 21.6 Å². The maximum atomic E-state index is 12.4. The molecule has 3 N–H and O–H groups in total. The minimum atomic E-state index is -3.45. The standard InChI is InChI=1S/C12H14N2O5S2.C9H11NO2/c15-11(16)9-8-12(19-13-9)3-5-14(6-4-12)21(17,18)10-2-1-7-20-10;10-5-7-6-11-8-3-1-2-4-9(8)12-7/h1-2,7H,3-6,8H2,(H,15,16);1-4,7H,5-6,10H2. The van der Waals surface area contributed by atoms with E-state index in [1.807, 2.05) is 24.3 Å². The van der Waals surface area contributed by atoms with Crippen molar-refractivity contribution in [3.8, 4) is 11.5 Å². The number of para-hydroxylation sites is 2. The quantitative estimate of drug-likeness (QED) is 0.655. The van der Waals surface area contributed by atoms with Crippen molar-refractivity contribution < 1.29 is 32.6 Å². The van der Waals surface area contributed by atoms with E-state index in [1.165, 1.54) is 15.6 Å². The molecule has 33 heavy (non-hydrogen) atoms. The number of piperidine rings is 1. The van der Waals surface area contributed by atoms with Gasteiger partial charge >= 0.3 is 5.97 Å². The summed E-state index contributed by atoms with van der Waals surface area (Å²) in [7, 11) is -3.45. The number of ether oxygens (including phenoxy) is 2. The van der Waals surface area contributed by atoms with Crippen LogP contribution in [0, 0.1) is 0 Å². The third-order valence-electron chi connectivity index (χ3n) is 5.64. The summed E-state index contributed by atoms with van der Waals surface area (Å²) in [6.45, 7) is 1.66. The molecule has 0 saturated carbocycles. The molecule has 1 spiro atoms. The summed E-state index contributed by atoms with van der Waals surface area (Å²) in [6.07, 6.45) is 1.12. The number of thiophene rings is 1. The number of nitrogens with two attached hydrogens (primary N) is 1. The van der Waals surface area contributed by atoms with Crippen molar-refractivity contribution in [1.82, 2.24) is 4.31 Å². The summed E-state index contributed by atoms with van der Waals surface area (Å²) in [5.74, 6) is 0.516. The third-order valence-corrected chi connectivity index (χ3v) is 8.91. The van der Waals surface area contributed by atoms with Gasteiger partial charge in [-0.15, -0.1) is 11.3 Å². The third kappa shape index (κ3) is 5.13. The first kappa shape index (κ1) is 23.5. The number of nitrogens with zero attached hydrogens (tertiary/aromatic N) is 2. The number of hydrogen-bond donors (Lipinski definition) is 2. The summed E-state index contributed by atoms with van der Waals surface area (Å²) >= 11 is 1.19. The number of carboxylic acid groups (broad SMARTS) is 1. The van der Waals surface area contributed by atoms with E-state index in [4.69, 9.17) is 25.2 Å². The highest BCUT2D eigenvalue weighted by Crippen LogP contribution is 2.36. The molecule has 1 aromatic carbocycles. The molecule has 1 aromatic heterocycles. The molecule has 5 rings (SSSR count). The first-order valence-electron chi connectivity index (χ1n) is 10.4. The van der Waals surface area contributed by atoms with Crippen LogP contribution in [0.25, 0.3) is 0 Å². The van der Waals surface area contributed by atoms with E-state index >= 15 is 0 Å². The monoisotopic (exact) mass is 495 g/mol. The molecular weight excluding hydrogens is 470 g/mol. The maximum Gasteiger partial charge on any atom is 0.353 e. The highest BCUT2D eigenvalue weighted by molar-refractivity contribution is 7.91. The van der Waals surface area contributed by atoms with E-state index in [9.17, 15) is 13.2 Å². The highest BCUT2D eigenvalue weighted by Gasteiger charge is 2.46. The fourth-order valence-electron chi connectivity index (χ4n) is 3.76. The molecule has 2 aromatic rings. The molecule has 0 aliphatic carbocycles. The number of carbonyl (C=O) groups is 1. The number of aliphatic carboxylic acids is 1. The predicted molar refractivity (Wildman–Crippen MR) is 121 cm³/mol. The number of hydrogen-bond acceptors (Lipinski definition) is 9. The van der Waals surface area contributed by atoms with Crippen LogP contribution in [-0.2, 0) is 19.7 Å². The lowest BCUT2D eigenvalue weighted by Crippen LogP contribution is -2.46. The second-order valence-electron chi connectivity index (χ2n) is 7.86. The number of oxime groups is 1. The predicted octanol–water partition coefficient (Wildman–Crippen LogP) is 1.92. The molecular formula is C21H25N3O7S2. The Bertz CT molecular complexity index is 1110. The molecule has 0 bridgehead atoms. The van der Waals surface area contributed by atoms with Gasteiger partial charge in [0.1, 0.15) is 22.5 Å². The second-order valence-corrected chi connectivity index (χ2v) is 11.0. The van der Waals surface area contributed by atoms with Gasteiger partial charge in [-0.1, -0.05) is 23.4 Å². The van der Waals surface area contributed by atoms with E-state index in [-0.39, 0.29) is 18.2 Å². The van der Waals surface area contributed by atoms with E-state index in [2.05, 4.69) is 5.16 Å². The number of benzene rings is 1. The SMILES string of the molecule is NCC1COc2ccccc2O1.O=C(O)C1=NOC2(CCN(S(=O)(=O)c3cccs3)CC2)C1. The summed E-state index contributed by atoms with van der Waals surface area (Å²) in [5.41, 5.74) is 4.80. The average Bonchev–Trinajstić information content (AvgIpc) is 3.51. The number of sulfonamides is 1. The van der Waals surface area contributed by atoms with Crippen LogP contribution in [-0.4, -0.2) is 67.5 Å². The normalized spacial score (nSPS) is 21.5. The molecule has 4 heterocycles. The number of rotatable bonds is 4. The zero-order valence-electron chi connectivity index (χ0n) is 17.8. The van der Waals surface area contributed by atoms with Gasteiger partial charge in [0.15, 0.2) is 17.2 Å². The Morgan fingerprint density at radius 2 is 1.94 bits per heavy atom. The molecule has 0 radical (unpaired) electrons. The number of carboxylic acids is 1. The molecule has 178 valence electrons. The van der Waals surface area contributed by atoms with Gasteiger partial charge in [0, 0.05) is 38.9 Å². The minimum absolute atomic E-state index is 0.0000926. The van der Waals surface area contributed by atoms with Crippen molar-refractivity contribution in [2.24, 2.45) is 10.9 Å². The van der Waals surface area contributed by atoms with Crippen molar-refractivity contribution in [2.45, 2.75) is 35.2 Å². The molecule has 10 nitrogen and oxygen atoms in total. The van der Waals surface area contributed by atoms with E-state index in [0.29, 0.717) is 43.3 Å². The van der Waals surface area contributed by atoms with Crippen LogP contribution in [0.2, 0.25) is 0 Å². The summed E-state index contributed by atoms with van der Waals surface area (Å²) < 4.78 is 37.5. The van der Waals surface area contributed by atoms with Crippen molar-refractivity contribution >= 4 is 33.0 Å². The average molecular weight is 496 g/mol. The van der Waals surface area contributed by atoms with Crippen molar-refractivity contribution in [3.63, 3.8) is 0 Å². The second kappa shape index (κ2) is 9.67. The van der Waals surface area contributed by atoms with Gasteiger partial charge in [-0.05, 0) is 23.6 Å². The van der Waals surface area contributed by atoms with Crippen molar-refractivity contribution in [2.75, 3.05) is 26.2 Å². The maximum absolute atomic E-state index is 12.4. The van der Waals surface area contributed by atoms with Crippen molar-refractivity contribution in [1.29, 1.82) is 0 Å². The molecule has 3 aliphatic rings. The Balaban J connectivity index is 0.000000183. The first-order chi connectivity index (χ1) is 15.8. The van der Waals surface area contributed by atoms with Gasteiger partial charge in [0.2, 0.25) is 0 Å². The van der Waals surface area contributed by atoms with Crippen LogP contribution >= 0.6 is 11.3 Å². The van der Waals surface area contributed by atoms with E-state index in [0.717, 1.165) is 11.5 Å². The van der Waals surface area contributed by atoms with Crippen molar-refractivity contribution in [3.05, 3.63) is 41.8 Å². The molecule has 3 aliphatic heterocycles. The molecule has 1 unspecified atom stereocenters. The van der Waals surface area contributed by atoms with Gasteiger partial charge in [0.25, 0.3) is 10.0 Å². The van der Waals surface area contributed by atoms with Crippen LogP contribution in [0.3, 0.4) is 0 Å². The topological polar surface area (TPSA) is 141 Å². The first-order valence-corrected chi connectivity index (χ1v) is 12.8. The Kier molecular flexibility index (Phi) is 6.88. The largest absolute Gasteiger partial charge is 0.486 e. The highest BCUT2D eigenvalue weighted by atomic mass is 32.2. The lowest BCUT2D eigenvalue weighted by atomic mass is 9.88. The molecule has 1 fully saturated rings. The van der Waals surface area contributed by atoms with Gasteiger partial charge in [-0.25, -0.2) is 13.2 Å². The smallest absolute Gasteiger partial charge is 0.353 e. The van der Waals surface area contributed by atoms with Crippen LogP contribution < -0.4 is 15.2 Å². The fourth-order valence-corrected chi connectivity index (χ4v) is 6.34. The Morgan fingerprint density at radius 3 is 2.55 bits per heavy atom. The van der Waals surface area contributed by atoms with Crippen LogP contribution in [0.5, 0.6) is 11.5 Å². The summed E-state index contributed by atoms with van der Waals surface area (Å²) in [5, 5.41) is 14.2. The molecule has 0 amide bonds. The minimum Gasteiger partial charge on any atom is -0.486 e. The zero-order chi connectivity index (χ0) is 23.5. The summed E-state index contributed by atoms with van der Waals surface area (Å²) in [6, 6.07) is 10.9. The molecule has 1 saturated heterocycles. The zero-order valence-corrected chi connectivity index (χ0v) is 19.4. The van der Waals surface area contributed by atoms with Gasteiger partial charge in [-0.3, -0.25) is 0 Å². The number of fused-ring (bicyclic) bond motifs is 1. The Labute approximate surface area is 195 Å². The van der Waals surface area contributed by atoms with Crippen LogP contribution in [0.15, 0.2) is 51.1 Å². The van der Waals surface area contributed by atoms with Gasteiger partial charge < -0.3 is 25.2 Å². The fraction of sp³-hybridized carbons (Fsp3) is 0.429. The van der Waals surface area contributed by atoms with Gasteiger partial charge in [0.05, 0.1) is 0 Å². The van der Waals surface area contributed by atoms with Gasteiger partial charge in [-0.2, -0.15) is 4.31 Å². The van der Waals surface area contributed by atoms with Crippen LogP contribution in [0.4, 0.5) is 0 Å². The lowest BCUT2D eigenvalue weighted by molar-refractivity contribution is -0.129. The Morgan fingerprint density at radius 1 is 1.21 bits per heavy atom.